The maximum absolute atomic E-state index is 11.9. The van der Waals surface area contributed by atoms with E-state index in [0.717, 1.165) is 116 Å². The highest BCUT2D eigenvalue weighted by atomic mass is 32.1. The summed E-state index contributed by atoms with van der Waals surface area (Å²) in [4.78, 5) is 27.2. The highest BCUT2D eigenvalue weighted by Gasteiger charge is 2.42. The zero-order valence-electron chi connectivity index (χ0n) is 38.8. The van der Waals surface area contributed by atoms with Crippen LogP contribution in [-0.4, -0.2) is 35.5 Å². The Bertz CT molecular complexity index is 2970. The van der Waals surface area contributed by atoms with Gasteiger partial charge in [-0.15, -0.1) is 11.3 Å². The molecule has 338 valence electrons. The second kappa shape index (κ2) is 20.5. The number of thiophene rings is 1. The molecule has 67 heavy (non-hydrogen) atoms. The summed E-state index contributed by atoms with van der Waals surface area (Å²) in [6.07, 6.45) is 13.8. The van der Waals surface area contributed by atoms with Gasteiger partial charge >= 0.3 is 0 Å². The number of aldehydes is 1. The number of ether oxygens (including phenoxy) is 2. The number of fused-ring (bicyclic) bond motifs is 4. The van der Waals surface area contributed by atoms with E-state index in [4.69, 9.17) is 19.4 Å². The molecule has 0 N–H and O–H groups in total. The van der Waals surface area contributed by atoms with Crippen molar-refractivity contribution in [2.24, 2.45) is 0 Å². The Balaban J connectivity index is 1.01. The van der Waals surface area contributed by atoms with Crippen molar-refractivity contribution in [1.82, 2.24) is 9.97 Å². The van der Waals surface area contributed by atoms with Gasteiger partial charge in [-0.2, -0.15) is 0 Å². The highest BCUT2D eigenvalue weighted by molar-refractivity contribution is 7.17. The Morgan fingerprint density at radius 1 is 0.597 bits per heavy atom. The summed E-state index contributed by atoms with van der Waals surface area (Å²) in [5.74, 6) is 2.20. The van der Waals surface area contributed by atoms with E-state index in [1.54, 1.807) is 0 Å². The molecule has 2 aromatic heterocycles. The van der Waals surface area contributed by atoms with E-state index in [-0.39, 0.29) is 0 Å². The summed E-state index contributed by atoms with van der Waals surface area (Å²) < 4.78 is 12.7. The van der Waals surface area contributed by atoms with Gasteiger partial charge in [-0.05, 0) is 90.9 Å². The zero-order valence-corrected chi connectivity index (χ0v) is 39.6. The smallest absolute Gasteiger partial charge is 0.160 e. The van der Waals surface area contributed by atoms with Crippen LogP contribution in [0.4, 0.5) is 11.4 Å². The van der Waals surface area contributed by atoms with Crippen molar-refractivity contribution in [1.29, 1.82) is 0 Å². The lowest BCUT2D eigenvalue weighted by Crippen LogP contribution is -2.26. The lowest BCUT2D eigenvalue weighted by atomic mass is 9.92. The summed E-state index contributed by atoms with van der Waals surface area (Å²) in [5.41, 5.74) is 14.7. The summed E-state index contributed by atoms with van der Waals surface area (Å²) in [6, 6.07) is 52.0. The van der Waals surface area contributed by atoms with Gasteiger partial charge in [0.15, 0.2) is 6.29 Å². The molecule has 2 unspecified atom stereocenters. The van der Waals surface area contributed by atoms with Crippen LogP contribution in [0.25, 0.3) is 66.2 Å². The maximum atomic E-state index is 11.9. The number of carbonyl (C=O) groups is 1. The van der Waals surface area contributed by atoms with Crippen molar-refractivity contribution >= 4 is 40.0 Å². The first-order valence-corrected chi connectivity index (χ1v) is 25.4. The fourth-order valence-corrected chi connectivity index (χ4v) is 11.1. The van der Waals surface area contributed by atoms with Crippen molar-refractivity contribution in [3.8, 4) is 66.7 Å². The number of aromatic nitrogens is 2. The molecule has 0 spiro atoms. The van der Waals surface area contributed by atoms with Gasteiger partial charge < -0.3 is 14.4 Å². The molecule has 7 heteroatoms. The van der Waals surface area contributed by atoms with Crippen molar-refractivity contribution in [3.05, 3.63) is 156 Å². The van der Waals surface area contributed by atoms with Crippen molar-refractivity contribution in [2.45, 2.75) is 96.4 Å². The second-order valence-electron chi connectivity index (χ2n) is 18.1. The van der Waals surface area contributed by atoms with Gasteiger partial charge in [0.05, 0.1) is 40.5 Å². The van der Waals surface area contributed by atoms with Crippen LogP contribution in [0.1, 0.15) is 106 Å². The van der Waals surface area contributed by atoms with E-state index in [1.165, 1.54) is 73.2 Å². The third-order valence-electron chi connectivity index (χ3n) is 13.7. The van der Waals surface area contributed by atoms with Gasteiger partial charge in [-0.1, -0.05) is 150 Å². The molecule has 0 bridgehead atoms. The van der Waals surface area contributed by atoms with E-state index >= 15 is 0 Å². The Morgan fingerprint density at radius 2 is 1.24 bits per heavy atom. The molecule has 1 aliphatic carbocycles. The first-order valence-electron chi connectivity index (χ1n) is 24.6. The summed E-state index contributed by atoms with van der Waals surface area (Å²) >= 11 is 1.49. The molecule has 2 atom stereocenters. The number of rotatable bonds is 19. The van der Waals surface area contributed by atoms with E-state index in [9.17, 15) is 4.79 Å². The Morgan fingerprint density at radius 3 is 1.91 bits per heavy atom. The number of carbonyl (C=O) groups excluding carboxylic acids is 1. The summed E-state index contributed by atoms with van der Waals surface area (Å²) in [7, 11) is 0. The molecule has 0 radical (unpaired) electrons. The highest BCUT2D eigenvalue weighted by Crippen LogP contribution is 2.54. The van der Waals surface area contributed by atoms with Crippen LogP contribution in [0.5, 0.6) is 11.5 Å². The summed E-state index contributed by atoms with van der Waals surface area (Å²) in [6.45, 7) is 5.91. The number of hydrogen-bond donors (Lipinski definition) is 0. The monoisotopic (exact) mass is 901 g/mol. The number of benzene rings is 6. The Kier molecular flexibility index (Phi) is 13.6. The number of unbranched alkanes of at least 4 members (excludes halogenated alkanes) is 6. The molecule has 0 saturated heterocycles. The van der Waals surface area contributed by atoms with Crippen LogP contribution in [0.15, 0.2) is 146 Å². The minimum atomic E-state index is 0.398. The van der Waals surface area contributed by atoms with E-state index in [1.807, 2.05) is 36.4 Å². The van der Waals surface area contributed by atoms with Crippen LogP contribution in [0, 0.1) is 0 Å². The maximum Gasteiger partial charge on any atom is 0.160 e. The number of hydrogen-bond acceptors (Lipinski definition) is 7. The van der Waals surface area contributed by atoms with Gasteiger partial charge in [0.25, 0.3) is 0 Å². The molecule has 0 amide bonds. The molecule has 1 saturated carbocycles. The van der Waals surface area contributed by atoms with Crippen LogP contribution in [-0.2, 0) is 0 Å². The van der Waals surface area contributed by atoms with Crippen LogP contribution >= 0.6 is 11.3 Å². The predicted molar refractivity (Wildman–Crippen MR) is 278 cm³/mol. The second-order valence-corrected chi connectivity index (χ2v) is 19.2. The first-order chi connectivity index (χ1) is 33.1. The third-order valence-corrected chi connectivity index (χ3v) is 14.7. The van der Waals surface area contributed by atoms with Gasteiger partial charge in [0.2, 0.25) is 0 Å². The average Bonchev–Trinajstić information content (AvgIpc) is 4.14. The molecular weight excluding hydrogens is 843 g/mol. The fraction of sp³-hybridized carbons (Fsp3) is 0.283. The van der Waals surface area contributed by atoms with Gasteiger partial charge in [-0.25, -0.2) is 9.97 Å². The molecule has 1 aliphatic heterocycles. The SMILES string of the molecule is CCCCCCOc1ccc(-c2ccc(N3c4ccc(-c5ccc(-c6ccc(C=O)s6)c6nc(-c7ccccc7)c(-c7ccccc7)nc56)cc4C4CCCC43)cc2)c(OCCCCCC)c1. The zero-order chi connectivity index (χ0) is 45.5. The minimum Gasteiger partial charge on any atom is -0.493 e. The van der Waals surface area contributed by atoms with Crippen molar-refractivity contribution in [3.63, 3.8) is 0 Å². The Labute approximate surface area is 399 Å². The third kappa shape index (κ3) is 9.27. The number of nitrogens with zero attached hydrogens (tertiary/aromatic N) is 3. The summed E-state index contributed by atoms with van der Waals surface area (Å²) in [5, 5.41) is 0. The molecule has 6 aromatic carbocycles. The van der Waals surface area contributed by atoms with Gasteiger partial charge in [0, 0.05) is 62.1 Å². The van der Waals surface area contributed by atoms with Gasteiger partial charge in [0.1, 0.15) is 11.5 Å². The van der Waals surface area contributed by atoms with E-state index < -0.39 is 0 Å². The quantitative estimate of drug-likeness (QED) is 0.0595. The molecular formula is C60H59N3O3S. The standard InChI is InChI=1S/C60H59N3O3S/c1-3-5-7-15-36-65-46-29-31-48(55(39-46)66-37-16-8-6-4-2)41-24-27-45(28-25-41)63-53-23-17-22-50(53)52-38-44(26-34-54(52)63)49-32-33-51(56-35-30-47(40-64)67-56)60-59(49)61-57(42-18-11-9-12-19-42)58(62-60)43-20-13-10-14-21-43/h9-14,18-21,24-35,38-40,50,53H,3-8,15-17,22-23,36-37H2,1-2H3. The molecule has 6 nitrogen and oxygen atoms in total. The number of anilines is 2. The topological polar surface area (TPSA) is 64.5 Å². The lowest BCUT2D eigenvalue weighted by Gasteiger charge is -2.27. The normalized spacial score (nSPS) is 15.2. The van der Waals surface area contributed by atoms with E-state index in [2.05, 4.69) is 128 Å². The van der Waals surface area contributed by atoms with Gasteiger partial charge in [-0.3, -0.25) is 4.79 Å². The van der Waals surface area contributed by atoms with Crippen LogP contribution in [0.3, 0.4) is 0 Å². The van der Waals surface area contributed by atoms with Crippen molar-refractivity contribution in [2.75, 3.05) is 18.1 Å². The van der Waals surface area contributed by atoms with Crippen LogP contribution < -0.4 is 14.4 Å². The molecule has 3 heterocycles. The molecule has 2 aliphatic rings. The molecule has 8 aromatic rings. The lowest BCUT2D eigenvalue weighted by molar-refractivity contribution is 0.112. The minimum absolute atomic E-state index is 0.398. The largest absolute Gasteiger partial charge is 0.493 e. The van der Waals surface area contributed by atoms with Crippen LogP contribution in [0.2, 0.25) is 0 Å². The predicted octanol–water partition coefficient (Wildman–Crippen LogP) is 16.5. The Hall–Kier alpha value is -6.57. The molecule has 1 fully saturated rings. The van der Waals surface area contributed by atoms with E-state index in [0.29, 0.717) is 23.4 Å². The van der Waals surface area contributed by atoms with Crippen molar-refractivity contribution < 1.29 is 14.3 Å². The first kappa shape index (κ1) is 44.3. The fourth-order valence-electron chi connectivity index (χ4n) is 10.3. The molecule has 10 rings (SSSR count). The average molecular weight is 902 g/mol.